The summed E-state index contributed by atoms with van der Waals surface area (Å²) >= 11 is 0. The van der Waals surface area contributed by atoms with Gasteiger partial charge >= 0.3 is 5.97 Å². The molecule has 3 rings (SSSR count). The predicted molar refractivity (Wildman–Crippen MR) is 79.0 cm³/mol. The average Bonchev–Trinajstić information content (AvgIpc) is 2.83. The number of carboxylic acids is 1. The number of nitrogens with zero attached hydrogens (tertiary/aromatic N) is 1. The number of aryl methyl sites for hydroxylation is 1. The lowest BCUT2D eigenvalue weighted by atomic mass is 10.1. The molecule has 0 unspecified atom stereocenters. The van der Waals surface area contributed by atoms with Gasteiger partial charge in [0.05, 0.1) is 6.42 Å². The van der Waals surface area contributed by atoms with Crippen LogP contribution in [0.1, 0.15) is 31.0 Å². The van der Waals surface area contributed by atoms with Crippen LogP contribution < -0.4 is 5.32 Å². The molecule has 2 N–H and O–H groups in total. The van der Waals surface area contributed by atoms with E-state index in [4.69, 9.17) is 5.11 Å². The number of rotatable bonds is 4. The lowest BCUT2D eigenvalue weighted by Crippen LogP contribution is -2.30. The predicted octanol–water partition coefficient (Wildman–Crippen LogP) is 2.72. The number of carboxylic acid groups (broad SMARTS) is 1. The third kappa shape index (κ3) is 2.93. The molecule has 1 aromatic heterocycles. The van der Waals surface area contributed by atoms with Crippen molar-refractivity contribution in [2.45, 2.75) is 31.7 Å². The van der Waals surface area contributed by atoms with Gasteiger partial charge in [-0.05, 0) is 56.6 Å². The Balaban J connectivity index is 2.03. The number of aromatic nitrogens is 1. The van der Waals surface area contributed by atoms with E-state index in [-0.39, 0.29) is 12.2 Å². The molecule has 1 aromatic carbocycles. The molecule has 5 heteroatoms. The lowest BCUT2D eigenvalue weighted by molar-refractivity contribution is -0.137. The number of hydrogen-bond acceptors (Lipinski definition) is 2. The van der Waals surface area contributed by atoms with Crippen molar-refractivity contribution >= 4 is 16.9 Å². The average molecular weight is 290 g/mol. The molecule has 21 heavy (non-hydrogen) atoms. The maximum atomic E-state index is 13.4. The first-order chi connectivity index (χ1) is 10.1. The minimum Gasteiger partial charge on any atom is -0.481 e. The summed E-state index contributed by atoms with van der Waals surface area (Å²) in [6.07, 6.45) is 2.61. The monoisotopic (exact) mass is 290 g/mol. The molecule has 0 spiro atoms. The van der Waals surface area contributed by atoms with E-state index in [9.17, 15) is 9.18 Å². The van der Waals surface area contributed by atoms with Crippen LogP contribution in [0.5, 0.6) is 0 Å². The van der Waals surface area contributed by atoms with Crippen LogP contribution in [-0.2, 0) is 11.2 Å². The number of halogens is 1. The first-order valence-electron chi connectivity index (χ1n) is 7.37. The van der Waals surface area contributed by atoms with Crippen molar-refractivity contribution in [1.82, 2.24) is 9.88 Å². The summed E-state index contributed by atoms with van der Waals surface area (Å²) in [5.41, 5.74) is 1.99. The molecule has 1 saturated heterocycles. The van der Waals surface area contributed by atoms with Crippen molar-refractivity contribution in [1.29, 1.82) is 0 Å². The van der Waals surface area contributed by atoms with Gasteiger partial charge in [0.1, 0.15) is 5.82 Å². The number of benzene rings is 1. The summed E-state index contributed by atoms with van der Waals surface area (Å²) < 4.78 is 15.6. The lowest BCUT2D eigenvalue weighted by Gasteiger charge is -2.27. The molecule has 1 fully saturated rings. The normalized spacial score (nSPS) is 16.4. The second-order valence-corrected chi connectivity index (χ2v) is 5.58. The minimum absolute atomic E-state index is 0.101. The summed E-state index contributed by atoms with van der Waals surface area (Å²) in [5.74, 6) is -1.06. The van der Waals surface area contributed by atoms with Crippen molar-refractivity contribution in [3.8, 4) is 0 Å². The SMILES string of the molecule is O=C(O)CCc1cc2cc(F)ccc2n1C1CCNCC1. The minimum atomic E-state index is -0.803. The summed E-state index contributed by atoms with van der Waals surface area (Å²) in [4.78, 5) is 10.9. The van der Waals surface area contributed by atoms with Crippen LogP contribution in [0.25, 0.3) is 10.9 Å². The molecule has 2 heterocycles. The summed E-state index contributed by atoms with van der Waals surface area (Å²) in [6, 6.07) is 7.09. The van der Waals surface area contributed by atoms with E-state index in [0.29, 0.717) is 12.5 Å². The van der Waals surface area contributed by atoms with Crippen molar-refractivity contribution < 1.29 is 14.3 Å². The fourth-order valence-electron chi connectivity index (χ4n) is 3.19. The Morgan fingerprint density at radius 2 is 2.10 bits per heavy atom. The highest BCUT2D eigenvalue weighted by Crippen LogP contribution is 2.30. The molecule has 112 valence electrons. The fraction of sp³-hybridized carbons (Fsp3) is 0.438. The van der Waals surface area contributed by atoms with E-state index in [1.54, 1.807) is 6.07 Å². The van der Waals surface area contributed by atoms with Crippen LogP contribution in [-0.4, -0.2) is 28.7 Å². The zero-order valence-electron chi connectivity index (χ0n) is 11.8. The smallest absolute Gasteiger partial charge is 0.303 e. The van der Waals surface area contributed by atoms with Gasteiger partial charge in [0.25, 0.3) is 0 Å². The molecule has 2 aromatic rings. The van der Waals surface area contributed by atoms with Crippen molar-refractivity contribution in [3.63, 3.8) is 0 Å². The molecule has 1 aliphatic rings. The van der Waals surface area contributed by atoms with E-state index in [1.165, 1.54) is 12.1 Å². The number of carbonyl (C=O) groups is 1. The van der Waals surface area contributed by atoms with Crippen LogP contribution in [0.3, 0.4) is 0 Å². The summed E-state index contributed by atoms with van der Waals surface area (Å²) in [6.45, 7) is 1.92. The van der Waals surface area contributed by atoms with E-state index in [2.05, 4.69) is 9.88 Å². The van der Waals surface area contributed by atoms with E-state index < -0.39 is 5.97 Å². The zero-order valence-corrected chi connectivity index (χ0v) is 11.8. The Hall–Kier alpha value is -1.88. The Labute approximate surface area is 122 Å². The molecular weight excluding hydrogens is 271 g/mol. The molecule has 4 nitrogen and oxygen atoms in total. The Morgan fingerprint density at radius 3 is 2.81 bits per heavy atom. The van der Waals surface area contributed by atoms with Gasteiger partial charge < -0.3 is 15.0 Å². The van der Waals surface area contributed by atoms with E-state index >= 15 is 0 Å². The van der Waals surface area contributed by atoms with Gasteiger partial charge in [-0.3, -0.25) is 4.79 Å². The van der Waals surface area contributed by atoms with E-state index in [1.807, 2.05) is 6.07 Å². The number of hydrogen-bond donors (Lipinski definition) is 2. The molecule has 0 bridgehead atoms. The number of nitrogens with one attached hydrogen (secondary N) is 1. The molecule has 0 saturated carbocycles. The summed E-state index contributed by atoms with van der Waals surface area (Å²) in [7, 11) is 0. The zero-order chi connectivity index (χ0) is 14.8. The van der Waals surface area contributed by atoms with Gasteiger partial charge in [-0.2, -0.15) is 0 Å². The quantitative estimate of drug-likeness (QED) is 0.910. The molecule has 0 atom stereocenters. The van der Waals surface area contributed by atoms with Gasteiger partial charge in [-0.15, -0.1) is 0 Å². The van der Waals surface area contributed by atoms with Gasteiger partial charge in [-0.25, -0.2) is 4.39 Å². The van der Waals surface area contributed by atoms with Crippen molar-refractivity contribution in [3.05, 3.63) is 35.8 Å². The molecule has 1 aliphatic heterocycles. The van der Waals surface area contributed by atoms with Crippen LogP contribution in [0.4, 0.5) is 4.39 Å². The highest BCUT2D eigenvalue weighted by molar-refractivity contribution is 5.82. The first-order valence-corrected chi connectivity index (χ1v) is 7.37. The largest absolute Gasteiger partial charge is 0.481 e. The molecule has 0 radical (unpaired) electrons. The van der Waals surface area contributed by atoms with Gasteiger partial charge in [0.15, 0.2) is 0 Å². The van der Waals surface area contributed by atoms with Crippen LogP contribution >= 0.6 is 0 Å². The van der Waals surface area contributed by atoms with Crippen molar-refractivity contribution in [2.75, 3.05) is 13.1 Å². The Morgan fingerprint density at radius 1 is 1.33 bits per heavy atom. The molecule has 0 aliphatic carbocycles. The van der Waals surface area contributed by atoms with Crippen LogP contribution in [0.2, 0.25) is 0 Å². The number of fused-ring (bicyclic) bond motifs is 1. The number of aliphatic carboxylic acids is 1. The van der Waals surface area contributed by atoms with Gasteiger partial charge in [0.2, 0.25) is 0 Å². The van der Waals surface area contributed by atoms with Crippen LogP contribution in [0, 0.1) is 5.82 Å². The third-order valence-electron chi connectivity index (χ3n) is 4.15. The highest BCUT2D eigenvalue weighted by Gasteiger charge is 2.20. The fourth-order valence-corrected chi connectivity index (χ4v) is 3.19. The maximum Gasteiger partial charge on any atom is 0.303 e. The van der Waals surface area contributed by atoms with Crippen LogP contribution in [0.15, 0.2) is 24.3 Å². The standard InChI is InChI=1S/C16H19FN2O2/c17-12-1-3-15-11(9-12)10-14(2-4-16(20)21)19(15)13-5-7-18-8-6-13/h1,3,9-10,13,18H,2,4-8H2,(H,20,21). The summed E-state index contributed by atoms with van der Waals surface area (Å²) in [5, 5.41) is 13.1. The Kier molecular flexibility index (Phi) is 3.92. The van der Waals surface area contributed by atoms with Crippen molar-refractivity contribution in [2.24, 2.45) is 0 Å². The molecular formula is C16H19FN2O2. The van der Waals surface area contributed by atoms with Gasteiger partial charge in [-0.1, -0.05) is 0 Å². The highest BCUT2D eigenvalue weighted by atomic mass is 19.1. The van der Waals surface area contributed by atoms with E-state index in [0.717, 1.165) is 42.5 Å². The topological polar surface area (TPSA) is 54.3 Å². The first kappa shape index (κ1) is 14.1. The second-order valence-electron chi connectivity index (χ2n) is 5.58. The third-order valence-corrected chi connectivity index (χ3v) is 4.15. The second kappa shape index (κ2) is 5.85. The molecule has 0 amide bonds. The Bertz CT molecular complexity index is 660. The number of piperidine rings is 1. The maximum absolute atomic E-state index is 13.4. The van der Waals surface area contributed by atoms with Gasteiger partial charge in [0, 0.05) is 22.6 Å².